The van der Waals surface area contributed by atoms with Crippen LogP contribution >= 0.6 is 0 Å². The van der Waals surface area contributed by atoms with Crippen LogP contribution in [0.25, 0.3) is 0 Å². The van der Waals surface area contributed by atoms with Gasteiger partial charge in [-0.3, -0.25) is 0 Å². The first-order valence-electron chi connectivity index (χ1n) is 6.09. The van der Waals surface area contributed by atoms with E-state index in [1.54, 1.807) is 27.2 Å². The van der Waals surface area contributed by atoms with Gasteiger partial charge in [-0.15, -0.1) is 0 Å². The largest absolute Gasteiger partial charge is 0.491 e. The van der Waals surface area contributed by atoms with Crippen LogP contribution in [0.5, 0.6) is 5.75 Å². The Bertz CT molecular complexity index is 402. The van der Waals surface area contributed by atoms with Gasteiger partial charge in [-0.1, -0.05) is 0 Å². The third-order valence-corrected chi connectivity index (χ3v) is 2.61. The van der Waals surface area contributed by atoms with Gasteiger partial charge in [0.2, 0.25) is 0 Å². The van der Waals surface area contributed by atoms with E-state index in [2.05, 4.69) is 5.32 Å². The second kappa shape index (κ2) is 7.81. The van der Waals surface area contributed by atoms with E-state index in [0.717, 1.165) is 0 Å². The molecule has 0 aliphatic heterocycles. The molecule has 0 aliphatic carbocycles. The zero-order valence-electron chi connectivity index (χ0n) is 11.5. The van der Waals surface area contributed by atoms with Crippen LogP contribution in [0.15, 0.2) is 12.1 Å². The quantitative estimate of drug-likeness (QED) is 0.707. The lowest BCUT2D eigenvalue weighted by Crippen LogP contribution is -2.26. The summed E-state index contributed by atoms with van der Waals surface area (Å²) in [6.45, 7) is 3.15. The van der Waals surface area contributed by atoms with Gasteiger partial charge < -0.3 is 25.3 Å². The molecular formula is C13H21FN2O3. The molecule has 0 bridgehead atoms. The first-order chi connectivity index (χ1) is 9.12. The minimum absolute atomic E-state index is 0.106. The fourth-order valence-electron chi connectivity index (χ4n) is 1.61. The maximum absolute atomic E-state index is 13.5. The van der Waals surface area contributed by atoms with Gasteiger partial charge in [0.05, 0.1) is 30.7 Å². The van der Waals surface area contributed by atoms with Crippen molar-refractivity contribution in [3.63, 3.8) is 0 Å². The van der Waals surface area contributed by atoms with E-state index >= 15 is 0 Å². The first-order valence-corrected chi connectivity index (χ1v) is 6.09. The van der Waals surface area contributed by atoms with Crippen molar-refractivity contribution < 1.29 is 18.6 Å². The van der Waals surface area contributed by atoms with E-state index in [0.29, 0.717) is 31.1 Å². The summed E-state index contributed by atoms with van der Waals surface area (Å²) in [6.07, 6.45) is -0.106. The van der Waals surface area contributed by atoms with Gasteiger partial charge in [0.15, 0.2) is 11.6 Å². The van der Waals surface area contributed by atoms with Gasteiger partial charge in [-0.2, -0.15) is 0 Å². The molecule has 1 aromatic carbocycles. The first kappa shape index (κ1) is 15.5. The van der Waals surface area contributed by atoms with Crippen LogP contribution in [0.4, 0.5) is 15.8 Å². The lowest BCUT2D eigenvalue weighted by atomic mass is 10.2. The highest BCUT2D eigenvalue weighted by atomic mass is 19.1. The molecule has 6 heteroatoms. The average Bonchev–Trinajstić information content (AvgIpc) is 2.39. The Balaban J connectivity index is 2.74. The maximum atomic E-state index is 13.5. The van der Waals surface area contributed by atoms with Crippen molar-refractivity contribution in [3.05, 3.63) is 17.9 Å². The van der Waals surface area contributed by atoms with E-state index in [-0.39, 0.29) is 11.9 Å². The summed E-state index contributed by atoms with van der Waals surface area (Å²) in [7, 11) is 3.20. The number of methoxy groups -OCH3 is 2. The number of benzene rings is 1. The minimum atomic E-state index is -0.468. The molecule has 1 atom stereocenters. The molecule has 0 aromatic heterocycles. The van der Waals surface area contributed by atoms with Gasteiger partial charge >= 0.3 is 0 Å². The molecule has 0 fully saturated rings. The van der Waals surface area contributed by atoms with E-state index in [9.17, 15) is 4.39 Å². The highest BCUT2D eigenvalue weighted by Gasteiger charge is 2.11. The second-order valence-electron chi connectivity index (χ2n) is 4.00. The normalized spacial score (nSPS) is 12.2. The number of rotatable bonds is 8. The molecule has 1 aromatic rings. The summed E-state index contributed by atoms with van der Waals surface area (Å²) in [6, 6.07) is 2.79. The van der Waals surface area contributed by atoms with Crippen molar-refractivity contribution in [1.82, 2.24) is 0 Å². The SMILES string of the molecule is CCOc1cc(NCC(COC)OC)c(N)cc1F. The fourth-order valence-corrected chi connectivity index (χ4v) is 1.61. The van der Waals surface area contributed by atoms with Gasteiger partial charge in [0, 0.05) is 32.9 Å². The Hall–Kier alpha value is -1.53. The van der Waals surface area contributed by atoms with Crippen molar-refractivity contribution in [3.8, 4) is 5.75 Å². The molecule has 0 aliphatic rings. The smallest absolute Gasteiger partial charge is 0.167 e. The molecule has 19 heavy (non-hydrogen) atoms. The summed E-state index contributed by atoms with van der Waals surface area (Å²) in [5.41, 5.74) is 6.70. The predicted octanol–water partition coefficient (Wildman–Crippen LogP) is 1.88. The van der Waals surface area contributed by atoms with Crippen LogP contribution in [0.3, 0.4) is 0 Å². The fraction of sp³-hybridized carbons (Fsp3) is 0.538. The second-order valence-corrected chi connectivity index (χ2v) is 4.00. The van der Waals surface area contributed by atoms with Crippen LogP contribution in [0.1, 0.15) is 6.92 Å². The molecule has 0 radical (unpaired) electrons. The number of nitrogens with one attached hydrogen (secondary N) is 1. The monoisotopic (exact) mass is 272 g/mol. The van der Waals surface area contributed by atoms with Crippen molar-refractivity contribution in [2.24, 2.45) is 0 Å². The number of nitrogens with two attached hydrogens (primary N) is 1. The Kier molecular flexibility index (Phi) is 6.38. The number of hydrogen-bond acceptors (Lipinski definition) is 5. The van der Waals surface area contributed by atoms with Crippen LogP contribution in [-0.4, -0.2) is 40.1 Å². The van der Waals surface area contributed by atoms with Crippen LogP contribution in [0, 0.1) is 5.82 Å². The highest BCUT2D eigenvalue weighted by Crippen LogP contribution is 2.28. The van der Waals surface area contributed by atoms with Gasteiger partial charge in [-0.25, -0.2) is 4.39 Å². The third-order valence-electron chi connectivity index (χ3n) is 2.61. The van der Waals surface area contributed by atoms with E-state index in [1.165, 1.54) is 6.07 Å². The lowest BCUT2D eigenvalue weighted by Gasteiger charge is -2.17. The topological polar surface area (TPSA) is 65.7 Å². The third kappa shape index (κ3) is 4.57. The molecule has 0 amide bonds. The Morgan fingerprint density at radius 1 is 1.37 bits per heavy atom. The molecule has 0 saturated carbocycles. The zero-order valence-corrected chi connectivity index (χ0v) is 11.5. The van der Waals surface area contributed by atoms with Gasteiger partial charge in [0.25, 0.3) is 0 Å². The summed E-state index contributed by atoms with van der Waals surface area (Å²) in [5, 5.41) is 3.10. The molecule has 0 saturated heterocycles. The number of anilines is 2. The van der Waals surface area contributed by atoms with Crippen LogP contribution < -0.4 is 15.8 Å². The number of halogens is 1. The summed E-state index contributed by atoms with van der Waals surface area (Å²) < 4.78 is 28.9. The van der Waals surface area contributed by atoms with E-state index < -0.39 is 5.82 Å². The Morgan fingerprint density at radius 2 is 2.11 bits per heavy atom. The standard InChI is InChI=1S/C13H21FN2O3/c1-4-19-13-6-12(11(15)5-10(13)14)16-7-9(18-3)8-17-2/h5-6,9,16H,4,7-8,15H2,1-3H3. The molecule has 108 valence electrons. The van der Waals surface area contributed by atoms with Gasteiger partial charge in [-0.05, 0) is 6.92 Å². The number of nitrogen functional groups attached to an aromatic ring is 1. The summed E-state index contributed by atoms with van der Waals surface area (Å²) in [5.74, 6) is -0.287. The highest BCUT2D eigenvalue weighted by molar-refractivity contribution is 5.68. The van der Waals surface area contributed by atoms with Gasteiger partial charge in [0.1, 0.15) is 0 Å². The summed E-state index contributed by atoms with van der Waals surface area (Å²) in [4.78, 5) is 0. The number of ether oxygens (including phenoxy) is 3. The van der Waals surface area contributed by atoms with E-state index in [1.807, 2.05) is 0 Å². The molecule has 0 heterocycles. The molecule has 1 unspecified atom stereocenters. The van der Waals surface area contributed by atoms with Crippen molar-refractivity contribution in [1.29, 1.82) is 0 Å². The molecule has 3 N–H and O–H groups in total. The molecule has 0 spiro atoms. The molecule has 5 nitrogen and oxygen atoms in total. The summed E-state index contributed by atoms with van der Waals surface area (Å²) >= 11 is 0. The van der Waals surface area contributed by atoms with Crippen LogP contribution in [0.2, 0.25) is 0 Å². The Labute approximate surface area is 112 Å². The zero-order chi connectivity index (χ0) is 14.3. The molecule has 1 rings (SSSR count). The predicted molar refractivity (Wildman–Crippen MR) is 73.1 cm³/mol. The minimum Gasteiger partial charge on any atom is -0.491 e. The maximum Gasteiger partial charge on any atom is 0.167 e. The number of hydrogen-bond donors (Lipinski definition) is 2. The lowest BCUT2D eigenvalue weighted by molar-refractivity contribution is 0.0366. The van der Waals surface area contributed by atoms with Crippen LogP contribution in [-0.2, 0) is 9.47 Å². The van der Waals surface area contributed by atoms with E-state index in [4.69, 9.17) is 19.9 Å². The average molecular weight is 272 g/mol. The molecular weight excluding hydrogens is 251 g/mol. The van der Waals surface area contributed by atoms with Crippen molar-refractivity contribution >= 4 is 11.4 Å². The van der Waals surface area contributed by atoms with Crippen molar-refractivity contribution in [2.75, 3.05) is 45.0 Å². The van der Waals surface area contributed by atoms with Crippen molar-refractivity contribution in [2.45, 2.75) is 13.0 Å². The Morgan fingerprint density at radius 3 is 2.68 bits per heavy atom.